The largest absolute Gasteiger partial charge is 0.441 e. The van der Waals surface area contributed by atoms with E-state index in [4.69, 9.17) is 4.42 Å². The zero-order chi connectivity index (χ0) is 12.3. The molecule has 0 aliphatic rings. The van der Waals surface area contributed by atoms with Crippen LogP contribution < -0.4 is 5.32 Å². The molecular formula is C13H14N2O2. The van der Waals surface area contributed by atoms with Gasteiger partial charge in [0.15, 0.2) is 0 Å². The molecule has 2 rings (SSSR count). The van der Waals surface area contributed by atoms with Gasteiger partial charge in [-0.25, -0.2) is 4.98 Å². The van der Waals surface area contributed by atoms with Gasteiger partial charge in [-0.1, -0.05) is 13.0 Å². The van der Waals surface area contributed by atoms with Gasteiger partial charge < -0.3 is 9.73 Å². The van der Waals surface area contributed by atoms with Gasteiger partial charge in [-0.2, -0.15) is 0 Å². The fourth-order valence-electron chi connectivity index (χ4n) is 1.69. The van der Waals surface area contributed by atoms with Gasteiger partial charge in [0, 0.05) is 11.3 Å². The summed E-state index contributed by atoms with van der Waals surface area (Å²) in [6.07, 6.45) is 1.50. The molecule has 0 spiro atoms. The molecule has 1 N–H and O–H groups in total. The number of hydrogen-bond donors (Lipinski definition) is 1. The maximum absolute atomic E-state index is 10.4. The van der Waals surface area contributed by atoms with Crippen molar-refractivity contribution in [3.05, 3.63) is 35.7 Å². The Morgan fingerprint density at radius 3 is 2.94 bits per heavy atom. The molecule has 0 bridgehead atoms. The van der Waals surface area contributed by atoms with Gasteiger partial charge in [-0.05, 0) is 31.5 Å². The number of carbonyl (C=O) groups excluding carboxylic acids is 1. The predicted octanol–water partition coefficient (Wildman–Crippen LogP) is 2.78. The lowest BCUT2D eigenvalue weighted by molar-refractivity contribution is -0.105. The average Bonchev–Trinajstić information content (AvgIpc) is 2.71. The molecule has 4 nitrogen and oxygen atoms in total. The molecule has 1 aromatic heterocycles. The van der Waals surface area contributed by atoms with Crippen molar-refractivity contribution in [3.8, 4) is 11.5 Å². The first-order valence-corrected chi connectivity index (χ1v) is 5.51. The van der Waals surface area contributed by atoms with Gasteiger partial charge in [0.25, 0.3) is 0 Å². The monoisotopic (exact) mass is 230 g/mol. The van der Waals surface area contributed by atoms with E-state index < -0.39 is 0 Å². The minimum Gasteiger partial charge on any atom is -0.441 e. The standard InChI is InChI=1S/C13H14N2O2/c1-3-12-9(2)17-13(15-12)10-5-4-6-11(7-10)14-8-16/h4-8H,3H2,1-2H3,(H,14,16). The van der Waals surface area contributed by atoms with Gasteiger partial charge in [-0.15, -0.1) is 0 Å². The zero-order valence-corrected chi connectivity index (χ0v) is 9.86. The summed E-state index contributed by atoms with van der Waals surface area (Å²) in [5.41, 5.74) is 2.56. The van der Waals surface area contributed by atoms with Crippen molar-refractivity contribution in [2.24, 2.45) is 0 Å². The second-order valence-corrected chi connectivity index (χ2v) is 3.72. The molecule has 0 unspecified atom stereocenters. The second kappa shape index (κ2) is 4.82. The SMILES string of the molecule is CCc1nc(-c2cccc(NC=O)c2)oc1C. The molecule has 17 heavy (non-hydrogen) atoms. The van der Waals surface area contributed by atoms with Gasteiger partial charge in [0.1, 0.15) is 5.76 Å². The van der Waals surface area contributed by atoms with Crippen LogP contribution in [-0.2, 0) is 11.2 Å². The summed E-state index contributed by atoms with van der Waals surface area (Å²) in [5.74, 6) is 1.44. The maximum Gasteiger partial charge on any atom is 0.226 e. The number of oxazole rings is 1. The fraction of sp³-hybridized carbons (Fsp3) is 0.231. The number of carbonyl (C=O) groups is 1. The first-order valence-electron chi connectivity index (χ1n) is 5.51. The molecule has 0 atom stereocenters. The first kappa shape index (κ1) is 11.4. The van der Waals surface area contributed by atoms with Gasteiger partial charge in [0.05, 0.1) is 5.69 Å². The van der Waals surface area contributed by atoms with E-state index in [1.54, 1.807) is 0 Å². The van der Waals surface area contributed by atoms with E-state index in [0.29, 0.717) is 12.3 Å². The van der Waals surface area contributed by atoms with Crippen LogP contribution in [0.4, 0.5) is 5.69 Å². The normalized spacial score (nSPS) is 10.2. The van der Waals surface area contributed by atoms with Crippen LogP contribution in [0.5, 0.6) is 0 Å². The van der Waals surface area contributed by atoms with Crippen molar-refractivity contribution in [2.45, 2.75) is 20.3 Å². The van der Waals surface area contributed by atoms with Gasteiger partial charge in [-0.3, -0.25) is 4.79 Å². The number of amides is 1. The van der Waals surface area contributed by atoms with Crippen molar-refractivity contribution in [2.75, 3.05) is 5.32 Å². The number of rotatable bonds is 4. The van der Waals surface area contributed by atoms with Crippen molar-refractivity contribution >= 4 is 12.1 Å². The minimum absolute atomic E-state index is 0.592. The number of hydrogen-bond acceptors (Lipinski definition) is 3. The molecule has 1 heterocycles. The van der Waals surface area contributed by atoms with Crippen LogP contribution in [-0.4, -0.2) is 11.4 Å². The molecule has 4 heteroatoms. The van der Waals surface area contributed by atoms with E-state index in [2.05, 4.69) is 10.3 Å². The molecular weight excluding hydrogens is 216 g/mol. The molecule has 0 aliphatic heterocycles. The van der Waals surface area contributed by atoms with Crippen LogP contribution in [0, 0.1) is 6.92 Å². The second-order valence-electron chi connectivity index (χ2n) is 3.72. The van der Waals surface area contributed by atoms with Crippen molar-refractivity contribution < 1.29 is 9.21 Å². The predicted molar refractivity (Wildman–Crippen MR) is 65.7 cm³/mol. The number of nitrogens with one attached hydrogen (secondary N) is 1. The number of benzene rings is 1. The molecule has 0 saturated carbocycles. The summed E-state index contributed by atoms with van der Waals surface area (Å²) in [4.78, 5) is 14.8. The molecule has 1 aromatic carbocycles. The molecule has 0 aliphatic carbocycles. The molecule has 0 fully saturated rings. The third-order valence-electron chi connectivity index (χ3n) is 2.56. The average molecular weight is 230 g/mol. The Hall–Kier alpha value is -2.10. The number of anilines is 1. The third-order valence-corrected chi connectivity index (χ3v) is 2.56. The molecule has 0 saturated heterocycles. The Labute approximate surface area is 99.7 Å². The van der Waals surface area contributed by atoms with Crippen molar-refractivity contribution in [3.63, 3.8) is 0 Å². The Balaban J connectivity index is 2.38. The molecule has 1 amide bonds. The van der Waals surface area contributed by atoms with Crippen LogP contribution in [0.1, 0.15) is 18.4 Å². The quantitative estimate of drug-likeness (QED) is 0.822. The van der Waals surface area contributed by atoms with E-state index in [1.807, 2.05) is 38.1 Å². The Morgan fingerprint density at radius 1 is 1.47 bits per heavy atom. The summed E-state index contributed by atoms with van der Waals surface area (Å²) in [7, 11) is 0. The molecule has 2 aromatic rings. The zero-order valence-electron chi connectivity index (χ0n) is 9.86. The lowest BCUT2D eigenvalue weighted by Gasteiger charge is -2.00. The number of nitrogens with zero attached hydrogens (tertiary/aromatic N) is 1. The highest BCUT2D eigenvalue weighted by molar-refractivity contribution is 5.74. The Morgan fingerprint density at radius 2 is 2.29 bits per heavy atom. The van der Waals surface area contributed by atoms with Gasteiger partial charge in [0.2, 0.25) is 12.3 Å². The minimum atomic E-state index is 0.592. The van der Waals surface area contributed by atoms with E-state index in [-0.39, 0.29) is 0 Å². The smallest absolute Gasteiger partial charge is 0.226 e. The van der Waals surface area contributed by atoms with Crippen LogP contribution in [0.3, 0.4) is 0 Å². The highest BCUT2D eigenvalue weighted by atomic mass is 16.4. The summed E-state index contributed by atoms with van der Waals surface area (Å²) in [5, 5.41) is 2.60. The van der Waals surface area contributed by atoms with E-state index in [0.717, 1.165) is 29.1 Å². The van der Waals surface area contributed by atoms with E-state index in [1.165, 1.54) is 0 Å². The van der Waals surface area contributed by atoms with Crippen molar-refractivity contribution in [1.29, 1.82) is 0 Å². The highest BCUT2D eigenvalue weighted by Crippen LogP contribution is 2.24. The molecule has 88 valence electrons. The van der Waals surface area contributed by atoms with Crippen LogP contribution >= 0.6 is 0 Å². The van der Waals surface area contributed by atoms with Crippen molar-refractivity contribution in [1.82, 2.24) is 4.98 Å². The maximum atomic E-state index is 10.4. The number of aryl methyl sites for hydroxylation is 2. The lowest BCUT2D eigenvalue weighted by atomic mass is 10.2. The van der Waals surface area contributed by atoms with E-state index in [9.17, 15) is 4.79 Å². The summed E-state index contributed by atoms with van der Waals surface area (Å²) >= 11 is 0. The van der Waals surface area contributed by atoms with Crippen LogP contribution in [0.2, 0.25) is 0 Å². The van der Waals surface area contributed by atoms with Crippen LogP contribution in [0.15, 0.2) is 28.7 Å². The topological polar surface area (TPSA) is 55.1 Å². The van der Waals surface area contributed by atoms with Crippen LogP contribution in [0.25, 0.3) is 11.5 Å². The van der Waals surface area contributed by atoms with Gasteiger partial charge >= 0.3 is 0 Å². The summed E-state index contributed by atoms with van der Waals surface area (Å²) in [6, 6.07) is 7.40. The third kappa shape index (κ3) is 2.36. The summed E-state index contributed by atoms with van der Waals surface area (Å²) < 4.78 is 5.60. The Kier molecular flexibility index (Phi) is 3.23. The number of aromatic nitrogens is 1. The first-order chi connectivity index (χ1) is 8.24. The lowest BCUT2D eigenvalue weighted by Crippen LogP contribution is -1.93. The van der Waals surface area contributed by atoms with E-state index >= 15 is 0 Å². The highest BCUT2D eigenvalue weighted by Gasteiger charge is 2.09. The Bertz CT molecular complexity index is 532. The molecule has 0 radical (unpaired) electrons. The summed E-state index contributed by atoms with van der Waals surface area (Å²) in [6.45, 7) is 3.95. The fourth-order valence-corrected chi connectivity index (χ4v) is 1.69.